The molecule has 0 saturated carbocycles. The Kier molecular flexibility index (Phi) is 4.68. The van der Waals surface area contributed by atoms with Crippen molar-refractivity contribution in [1.29, 1.82) is 0 Å². The average Bonchev–Trinajstić information content (AvgIpc) is 2.53. The van der Waals surface area contributed by atoms with Gasteiger partial charge in [-0.2, -0.15) is 0 Å². The predicted molar refractivity (Wildman–Crippen MR) is 80.2 cm³/mol. The predicted octanol–water partition coefficient (Wildman–Crippen LogP) is 1.10. The molecule has 2 amide bonds. The molecule has 2 aromatic rings. The van der Waals surface area contributed by atoms with Crippen LogP contribution in [0.5, 0.6) is 0 Å². The monoisotopic (exact) mass is 283 g/mol. The lowest BCUT2D eigenvalue weighted by Crippen LogP contribution is -2.33. The number of primary amides is 1. The van der Waals surface area contributed by atoms with Crippen molar-refractivity contribution in [1.82, 2.24) is 5.32 Å². The van der Waals surface area contributed by atoms with Gasteiger partial charge in [0.2, 0.25) is 11.8 Å². The first-order chi connectivity index (χ1) is 10.1. The van der Waals surface area contributed by atoms with Crippen LogP contribution in [0.2, 0.25) is 0 Å². The molecule has 0 spiro atoms. The van der Waals surface area contributed by atoms with Crippen LogP contribution in [-0.4, -0.2) is 11.8 Å². The summed E-state index contributed by atoms with van der Waals surface area (Å²) in [6, 6.07) is 15.2. The molecule has 5 N–H and O–H groups in total. The number of nitrogens with two attached hydrogens (primary N) is 2. The zero-order valence-corrected chi connectivity index (χ0v) is 11.5. The van der Waals surface area contributed by atoms with Crippen molar-refractivity contribution in [2.75, 3.05) is 0 Å². The average molecular weight is 283 g/mol. The minimum absolute atomic E-state index is 0.273. The summed E-state index contributed by atoms with van der Waals surface area (Å²) in [5.41, 5.74) is 13.1. The maximum absolute atomic E-state index is 12.0. The van der Waals surface area contributed by atoms with Gasteiger partial charge in [0.15, 0.2) is 0 Å². The summed E-state index contributed by atoms with van der Waals surface area (Å²) in [7, 11) is 0. The number of rotatable bonds is 5. The van der Waals surface area contributed by atoms with E-state index < -0.39 is 11.9 Å². The van der Waals surface area contributed by atoms with Gasteiger partial charge in [-0.05, 0) is 23.3 Å². The molecular formula is C16H17N3O2. The van der Waals surface area contributed by atoms with Gasteiger partial charge in [-0.25, -0.2) is 0 Å². The van der Waals surface area contributed by atoms with E-state index in [0.29, 0.717) is 12.1 Å². The molecule has 0 aliphatic carbocycles. The molecule has 0 fully saturated rings. The highest BCUT2D eigenvalue weighted by Crippen LogP contribution is 2.10. The standard InChI is InChI=1S/C16H17N3O2/c17-14(12-6-2-1-3-7-12)16(21)19-10-11-5-4-8-13(9-11)15(18)20/h1-9,14H,10,17H2,(H2,18,20)(H,19,21)/t14-/m0/s1. The van der Waals surface area contributed by atoms with E-state index in [0.717, 1.165) is 11.1 Å². The second kappa shape index (κ2) is 6.67. The zero-order chi connectivity index (χ0) is 15.2. The third-order valence-corrected chi connectivity index (χ3v) is 3.12. The highest BCUT2D eigenvalue weighted by Gasteiger charge is 2.14. The van der Waals surface area contributed by atoms with Crippen LogP contribution < -0.4 is 16.8 Å². The zero-order valence-electron chi connectivity index (χ0n) is 11.5. The van der Waals surface area contributed by atoms with Gasteiger partial charge in [0.1, 0.15) is 6.04 Å². The first kappa shape index (κ1) is 14.7. The minimum atomic E-state index is -0.717. The third-order valence-electron chi connectivity index (χ3n) is 3.12. The molecule has 0 aliphatic rings. The minimum Gasteiger partial charge on any atom is -0.366 e. The van der Waals surface area contributed by atoms with Gasteiger partial charge >= 0.3 is 0 Å². The Labute approximate surface area is 123 Å². The molecule has 21 heavy (non-hydrogen) atoms. The summed E-state index contributed by atoms with van der Waals surface area (Å²) in [6.45, 7) is 0.292. The van der Waals surface area contributed by atoms with Gasteiger partial charge < -0.3 is 16.8 Å². The lowest BCUT2D eigenvalue weighted by molar-refractivity contribution is -0.122. The van der Waals surface area contributed by atoms with Crippen molar-refractivity contribution >= 4 is 11.8 Å². The van der Waals surface area contributed by atoms with E-state index in [2.05, 4.69) is 5.32 Å². The van der Waals surface area contributed by atoms with Gasteiger partial charge in [0.05, 0.1) is 0 Å². The summed E-state index contributed by atoms with van der Waals surface area (Å²) in [6.07, 6.45) is 0. The van der Waals surface area contributed by atoms with Crippen LogP contribution in [0.15, 0.2) is 54.6 Å². The van der Waals surface area contributed by atoms with Crippen LogP contribution in [0.1, 0.15) is 27.5 Å². The molecule has 0 unspecified atom stereocenters. The molecule has 1 atom stereocenters. The second-order valence-electron chi connectivity index (χ2n) is 4.67. The Morgan fingerprint density at radius 2 is 1.76 bits per heavy atom. The topological polar surface area (TPSA) is 98.2 Å². The molecule has 2 rings (SSSR count). The van der Waals surface area contributed by atoms with Crippen LogP contribution in [-0.2, 0) is 11.3 Å². The summed E-state index contributed by atoms with van der Waals surface area (Å²) in [4.78, 5) is 23.1. The summed E-state index contributed by atoms with van der Waals surface area (Å²) in [5, 5.41) is 2.75. The quantitative estimate of drug-likeness (QED) is 0.766. The number of hydrogen-bond donors (Lipinski definition) is 3. The van der Waals surface area contributed by atoms with Crippen molar-refractivity contribution in [3.05, 3.63) is 71.3 Å². The Balaban J connectivity index is 1.98. The van der Waals surface area contributed by atoms with Gasteiger partial charge in [-0.3, -0.25) is 9.59 Å². The molecule has 0 saturated heterocycles. The Morgan fingerprint density at radius 3 is 2.43 bits per heavy atom. The largest absolute Gasteiger partial charge is 0.366 e. The van der Waals surface area contributed by atoms with Gasteiger partial charge in [-0.15, -0.1) is 0 Å². The summed E-state index contributed by atoms with van der Waals surface area (Å²) < 4.78 is 0. The SMILES string of the molecule is NC(=O)c1cccc(CNC(=O)[C@@H](N)c2ccccc2)c1. The van der Waals surface area contributed by atoms with E-state index in [1.165, 1.54) is 0 Å². The Morgan fingerprint density at radius 1 is 1.05 bits per heavy atom. The molecule has 0 bridgehead atoms. The molecule has 108 valence electrons. The number of carbonyl (C=O) groups is 2. The van der Waals surface area contributed by atoms with Gasteiger partial charge in [0, 0.05) is 12.1 Å². The fourth-order valence-electron chi connectivity index (χ4n) is 1.95. The highest BCUT2D eigenvalue weighted by molar-refractivity contribution is 5.92. The molecule has 5 nitrogen and oxygen atoms in total. The fraction of sp³-hybridized carbons (Fsp3) is 0.125. The van der Waals surface area contributed by atoms with Crippen molar-refractivity contribution in [3.8, 4) is 0 Å². The number of amides is 2. The van der Waals surface area contributed by atoms with Gasteiger partial charge in [-0.1, -0.05) is 42.5 Å². The smallest absolute Gasteiger partial charge is 0.248 e. The first-order valence-electron chi connectivity index (χ1n) is 6.55. The normalized spacial score (nSPS) is 11.7. The van der Waals surface area contributed by atoms with Crippen molar-refractivity contribution < 1.29 is 9.59 Å². The Bertz CT molecular complexity index is 641. The van der Waals surface area contributed by atoms with Crippen LogP contribution in [0, 0.1) is 0 Å². The van der Waals surface area contributed by atoms with E-state index in [1.54, 1.807) is 36.4 Å². The van der Waals surface area contributed by atoms with E-state index in [9.17, 15) is 9.59 Å². The van der Waals surface area contributed by atoms with Gasteiger partial charge in [0.25, 0.3) is 0 Å². The van der Waals surface area contributed by atoms with Crippen LogP contribution in [0.4, 0.5) is 0 Å². The van der Waals surface area contributed by atoms with E-state index >= 15 is 0 Å². The van der Waals surface area contributed by atoms with Crippen LogP contribution in [0.25, 0.3) is 0 Å². The number of nitrogens with one attached hydrogen (secondary N) is 1. The summed E-state index contributed by atoms with van der Waals surface area (Å²) in [5.74, 6) is -0.769. The maximum Gasteiger partial charge on any atom is 0.248 e. The number of carbonyl (C=O) groups excluding carboxylic acids is 2. The second-order valence-corrected chi connectivity index (χ2v) is 4.67. The molecule has 0 aliphatic heterocycles. The molecular weight excluding hydrogens is 266 g/mol. The molecule has 0 radical (unpaired) electrons. The lowest BCUT2D eigenvalue weighted by atomic mass is 10.1. The Hall–Kier alpha value is -2.66. The third kappa shape index (κ3) is 3.90. The van der Waals surface area contributed by atoms with Crippen LogP contribution in [0.3, 0.4) is 0 Å². The van der Waals surface area contributed by atoms with Crippen molar-refractivity contribution in [3.63, 3.8) is 0 Å². The molecule has 2 aromatic carbocycles. The van der Waals surface area contributed by atoms with Crippen molar-refractivity contribution in [2.45, 2.75) is 12.6 Å². The molecule has 5 heteroatoms. The van der Waals surface area contributed by atoms with E-state index in [4.69, 9.17) is 11.5 Å². The van der Waals surface area contributed by atoms with Crippen molar-refractivity contribution in [2.24, 2.45) is 11.5 Å². The molecule has 0 aromatic heterocycles. The lowest BCUT2D eigenvalue weighted by Gasteiger charge is -2.12. The summed E-state index contributed by atoms with van der Waals surface area (Å²) >= 11 is 0. The number of benzene rings is 2. The molecule has 0 heterocycles. The maximum atomic E-state index is 12.0. The fourth-order valence-corrected chi connectivity index (χ4v) is 1.95. The first-order valence-corrected chi connectivity index (χ1v) is 6.55. The number of hydrogen-bond acceptors (Lipinski definition) is 3. The highest BCUT2D eigenvalue weighted by atomic mass is 16.2. The van der Waals surface area contributed by atoms with E-state index in [-0.39, 0.29) is 5.91 Å². The van der Waals surface area contributed by atoms with Crippen LogP contribution >= 0.6 is 0 Å². The van der Waals surface area contributed by atoms with E-state index in [1.807, 2.05) is 18.2 Å².